The zero-order valence-electron chi connectivity index (χ0n) is 4.63. The molecule has 0 aromatic heterocycles. The van der Waals surface area contributed by atoms with Gasteiger partial charge in [-0.3, -0.25) is 0 Å². The zero-order valence-corrected chi connectivity index (χ0v) is 6.28. The van der Waals surface area contributed by atoms with Crippen LogP contribution in [0.2, 0.25) is 0 Å². The maximum atomic E-state index is 9.95. The molecule has 2 nitrogen and oxygen atoms in total. The van der Waals surface area contributed by atoms with Crippen molar-refractivity contribution >= 4 is 22.3 Å². The lowest BCUT2D eigenvalue weighted by molar-refractivity contribution is 0.602. The van der Waals surface area contributed by atoms with Gasteiger partial charge in [-0.15, -0.1) is 11.6 Å². The van der Waals surface area contributed by atoms with Crippen molar-refractivity contribution in [2.45, 2.75) is 6.92 Å². The number of thiol groups is 1. The third-order valence-corrected chi connectivity index (χ3v) is 2.17. The summed E-state index contributed by atoms with van der Waals surface area (Å²) in [5.74, 6) is 0.722. The quantitative estimate of drug-likeness (QED) is 0.476. The van der Waals surface area contributed by atoms with Crippen LogP contribution in [0.25, 0.3) is 0 Å². The van der Waals surface area contributed by atoms with E-state index in [1.54, 1.807) is 6.92 Å². The first kappa shape index (κ1) is 8.24. The van der Waals surface area contributed by atoms with E-state index >= 15 is 0 Å². The first-order chi connectivity index (χ1) is 3.66. The number of rotatable bonds is 3. The van der Waals surface area contributed by atoms with E-state index in [-0.39, 0.29) is 11.7 Å². The number of hydrogen-bond donors (Lipinski definition) is 1. The van der Waals surface area contributed by atoms with Crippen LogP contribution in [0.1, 0.15) is 6.92 Å². The molecular formula is C4H9ClO2S. The van der Waals surface area contributed by atoms with Crippen LogP contribution in [0.15, 0.2) is 0 Å². The molecular weight excluding hydrogens is 148 g/mol. The summed E-state index contributed by atoms with van der Waals surface area (Å²) in [4.78, 5) is 0. The van der Waals surface area contributed by atoms with Crippen LogP contribution in [0, 0.1) is 5.92 Å². The molecule has 0 fully saturated rings. The molecule has 0 aliphatic heterocycles. The Kier molecular flexibility index (Phi) is 4.28. The Morgan fingerprint density at radius 2 is 2.12 bits per heavy atom. The highest BCUT2D eigenvalue weighted by molar-refractivity contribution is 7.72. The van der Waals surface area contributed by atoms with Gasteiger partial charge in [-0.25, -0.2) is 8.42 Å². The number of hydrogen-bond acceptors (Lipinski definition) is 2. The van der Waals surface area contributed by atoms with Gasteiger partial charge in [-0.1, -0.05) is 6.92 Å². The molecule has 0 N–H and O–H groups in total. The summed E-state index contributed by atoms with van der Waals surface area (Å²) in [6, 6.07) is 0. The summed E-state index contributed by atoms with van der Waals surface area (Å²) in [6.07, 6.45) is 0. The molecule has 0 aliphatic carbocycles. The van der Waals surface area contributed by atoms with Gasteiger partial charge in [0.25, 0.3) is 0 Å². The van der Waals surface area contributed by atoms with Crippen molar-refractivity contribution in [3.05, 3.63) is 0 Å². The summed E-state index contributed by atoms with van der Waals surface area (Å²) >= 11 is 5.33. The normalized spacial score (nSPS) is 14.4. The lowest BCUT2D eigenvalue weighted by Gasteiger charge is -1.96. The summed E-state index contributed by atoms with van der Waals surface area (Å²) in [5, 5.41) is 0. The van der Waals surface area contributed by atoms with Crippen LogP contribution in [-0.2, 0) is 10.7 Å². The van der Waals surface area contributed by atoms with E-state index in [2.05, 4.69) is 0 Å². The number of halogens is 1. The maximum absolute atomic E-state index is 9.95. The van der Waals surface area contributed by atoms with E-state index in [1.807, 2.05) is 0 Å². The highest BCUT2D eigenvalue weighted by Gasteiger charge is 1.98. The molecule has 0 radical (unpaired) electrons. The lowest BCUT2D eigenvalue weighted by atomic mass is 10.3. The predicted octanol–water partition coefficient (Wildman–Crippen LogP) is 0.473. The molecule has 1 unspecified atom stereocenters. The van der Waals surface area contributed by atoms with Crippen molar-refractivity contribution < 1.29 is 8.42 Å². The molecule has 0 spiro atoms. The molecule has 0 heterocycles. The van der Waals surface area contributed by atoms with Gasteiger partial charge in [0.15, 0.2) is 0 Å². The Bertz CT molecular complexity index is 113. The van der Waals surface area contributed by atoms with Crippen LogP contribution in [-0.4, -0.2) is 20.1 Å². The molecule has 0 rings (SSSR count). The van der Waals surface area contributed by atoms with E-state index in [9.17, 15) is 8.42 Å². The molecule has 0 aliphatic rings. The molecule has 8 heavy (non-hydrogen) atoms. The van der Waals surface area contributed by atoms with Gasteiger partial charge in [0, 0.05) is 5.88 Å². The highest BCUT2D eigenvalue weighted by Crippen LogP contribution is 1.96. The highest BCUT2D eigenvalue weighted by atomic mass is 35.5. The van der Waals surface area contributed by atoms with E-state index in [0.717, 1.165) is 0 Å². The number of alkyl halides is 1. The zero-order chi connectivity index (χ0) is 6.57. The molecule has 0 amide bonds. The Morgan fingerprint density at radius 1 is 1.62 bits per heavy atom. The van der Waals surface area contributed by atoms with E-state index in [4.69, 9.17) is 11.6 Å². The van der Waals surface area contributed by atoms with Crippen molar-refractivity contribution in [1.82, 2.24) is 0 Å². The largest absolute Gasteiger partial charge is 0.232 e. The summed E-state index contributed by atoms with van der Waals surface area (Å²) in [7, 11) is -2.23. The van der Waals surface area contributed by atoms with Gasteiger partial charge >= 0.3 is 0 Å². The predicted molar refractivity (Wildman–Crippen MR) is 35.1 cm³/mol. The monoisotopic (exact) mass is 156 g/mol. The molecule has 0 aromatic rings. The third kappa shape index (κ3) is 4.40. The van der Waals surface area contributed by atoms with Crippen LogP contribution >= 0.6 is 11.6 Å². The van der Waals surface area contributed by atoms with Crippen LogP contribution < -0.4 is 0 Å². The van der Waals surface area contributed by atoms with Crippen molar-refractivity contribution in [2.24, 2.45) is 5.92 Å². The van der Waals surface area contributed by atoms with Crippen LogP contribution in [0.5, 0.6) is 0 Å². The second-order valence-corrected chi connectivity index (χ2v) is 3.11. The molecule has 50 valence electrons. The second kappa shape index (κ2) is 4.15. The maximum Gasteiger partial charge on any atom is 0.140 e. The summed E-state index contributed by atoms with van der Waals surface area (Å²) < 4.78 is 19.9. The van der Waals surface area contributed by atoms with Gasteiger partial charge in [0.1, 0.15) is 10.7 Å². The SMILES string of the molecule is CC(CCl)C[SH](=O)=O. The molecule has 0 saturated carbocycles. The van der Waals surface area contributed by atoms with Gasteiger partial charge in [0.05, 0.1) is 5.75 Å². The molecule has 0 saturated heterocycles. The minimum atomic E-state index is -2.23. The second-order valence-electron chi connectivity index (χ2n) is 1.77. The van der Waals surface area contributed by atoms with Gasteiger partial charge in [-0.2, -0.15) is 0 Å². The van der Waals surface area contributed by atoms with Gasteiger partial charge in [-0.05, 0) is 5.92 Å². The van der Waals surface area contributed by atoms with E-state index in [1.165, 1.54) is 0 Å². The van der Waals surface area contributed by atoms with Crippen LogP contribution in [0.3, 0.4) is 0 Å². The van der Waals surface area contributed by atoms with Crippen molar-refractivity contribution in [3.8, 4) is 0 Å². The topological polar surface area (TPSA) is 34.1 Å². The van der Waals surface area contributed by atoms with E-state index in [0.29, 0.717) is 5.88 Å². The molecule has 4 heteroatoms. The first-order valence-electron chi connectivity index (χ1n) is 2.34. The van der Waals surface area contributed by atoms with Gasteiger partial charge < -0.3 is 0 Å². The standard InChI is InChI=1S/C4H9ClO2S/c1-4(2-5)3-8(6)7/h4,8H,2-3H2,1H3. The fourth-order valence-corrected chi connectivity index (χ4v) is 1.20. The van der Waals surface area contributed by atoms with Crippen molar-refractivity contribution in [2.75, 3.05) is 11.6 Å². The Labute approximate surface area is 55.8 Å². The summed E-state index contributed by atoms with van der Waals surface area (Å²) in [6.45, 7) is 1.80. The Morgan fingerprint density at radius 3 is 2.25 bits per heavy atom. The fourth-order valence-electron chi connectivity index (χ4n) is 0.303. The van der Waals surface area contributed by atoms with Crippen molar-refractivity contribution in [1.29, 1.82) is 0 Å². The minimum Gasteiger partial charge on any atom is -0.232 e. The smallest absolute Gasteiger partial charge is 0.140 e. The Hall–Kier alpha value is 0.240. The van der Waals surface area contributed by atoms with Crippen molar-refractivity contribution in [3.63, 3.8) is 0 Å². The first-order valence-corrected chi connectivity index (χ1v) is 4.24. The Balaban J connectivity index is 3.39. The average Bonchev–Trinajstić information content (AvgIpc) is 1.65. The van der Waals surface area contributed by atoms with Crippen LogP contribution in [0.4, 0.5) is 0 Å². The van der Waals surface area contributed by atoms with Gasteiger partial charge in [0.2, 0.25) is 0 Å². The lowest BCUT2D eigenvalue weighted by Crippen LogP contribution is -2.03. The third-order valence-electron chi connectivity index (χ3n) is 0.724. The average molecular weight is 157 g/mol. The molecule has 1 atom stereocenters. The fraction of sp³-hybridized carbons (Fsp3) is 1.00. The van der Waals surface area contributed by atoms with E-state index < -0.39 is 10.7 Å². The minimum absolute atomic E-state index is 0.0952. The molecule has 0 aromatic carbocycles. The molecule has 0 bridgehead atoms. The summed E-state index contributed by atoms with van der Waals surface area (Å²) in [5.41, 5.74) is 0.